The van der Waals surface area contributed by atoms with Crippen molar-refractivity contribution in [2.24, 2.45) is 0 Å². The van der Waals surface area contributed by atoms with Gasteiger partial charge in [-0.15, -0.1) is 0 Å². The van der Waals surface area contributed by atoms with Crippen LogP contribution in [0.2, 0.25) is 5.15 Å². The summed E-state index contributed by atoms with van der Waals surface area (Å²) < 4.78 is 6.73. The molecule has 1 saturated carbocycles. The normalized spacial score (nSPS) is 20.6. The maximum absolute atomic E-state index is 10.1. The van der Waals surface area contributed by atoms with Crippen molar-refractivity contribution in [2.45, 2.75) is 37.8 Å². The van der Waals surface area contributed by atoms with Gasteiger partial charge in [0.25, 0.3) is 0 Å². The Kier molecular flexibility index (Phi) is 4.70. The van der Waals surface area contributed by atoms with Gasteiger partial charge in [0.2, 0.25) is 5.88 Å². The van der Waals surface area contributed by atoms with Crippen LogP contribution >= 0.6 is 22.9 Å². The Bertz CT molecular complexity index is 888. The maximum atomic E-state index is 10.1. The fourth-order valence-corrected chi connectivity index (χ4v) is 4.06. The van der Waals surface area contributed by atoms with Crippen LogP contribution in [0, 0.1) is 0 Å². The number of nitrogens with one attached hydrogen (secondary N) is 1. The van der Waals surface area contributed by atoms with E-state index in [1.165, 1.54) is 6.33 Å². The van der Waals surface area contributed by atoms with E-state index in [1.807, 2.05) is 18.2 Å². The third-order valence-electron chi connectivity index (χ3n) is 4.23. The van der Waals surface area contributed by atoms with Crippen LogP contribution in [0.4, 0.5) is 5.13 Å². The lowest BCUT2D eigenvalue weighted by Crippen LogP contribution is -2.36. The van der Waals surface area contributed by atoms with Gasteiger partial charge in [-0.3, -0.25) is 0 Å². The molecule has 1 fully saturated rings. The molecule has 2 atom stereocenters. The van der Waals surface area contributed by atoms with Crippen LogP contribution in [0.5, 0.6) is 11.6 Å². The molecule has 0 amide bonds. The number of hydrogen-bond acceptors (Lipinski definition) is 7. The minimum Gasteiger partial charge on any atom is -0.439 e. The van der Waals surface area contributed by atoms with Gasteiger partial charge in [-0.25, -0.2) is 15.0 Å². The van der Waals surface area contributed by atoms with Crippen molar-refractivity contribution in [3.05, 3.63) is 35.7 Å². The summed E-state index contributed by atoms with van der Waals surface area (Å²) >= 11 is 7.39. The second kappa shape index (κ2) is 7.11. The quantitative estimate of drug-likeness (QED) is 0.662. The number of anilines is 1. The summed E-state index contributed by atoms with van der Waals surface area (Å²) in [6.45, 7) is 0. The lowest BCUT2D eigenvalue weighted by Gasteiger charge is -2.27. The number of nitrogens with zero attached hydrogens (tertiary/aromatic N) is 3. The fourth-order valence-electron chi connectivity index (χ4n) is 2.96. The summed E-state index contributed by atoms with van der Waals surface area (Å²) in [5, 5.41) is 14.6. The number of rotatable bonds is 4. The van der Waals surface area contributed by atoms with E-state index in [-0.39, 0.29) is 12.1 Å². The number of aliphatic hydroxyl groups excluding tert-OH is 1. The highest BCUT2D eigenvalue weighted by Gasteiger charge is 2.23. The third-order valence-corrected chi connectivity index (χ3v) is 5.39. The van der Waals surface area contributed by atoms with Gasteiger partial charge in [0.05, 0.1) is 22.4 Å². The zero-order valence-electron chi connectivity index (χ0n) is 13.4. The first-order chi connectivity index (χ1) is 12.2. The Hall–Kier alpha value is -1.96. The van der Waals surface area contributed by atoms with Crippen LogP contribution in [-0.2, 0) is 0 Å². The summed E-state index contributed by atoms with van der Waals surface area (Å²) in [5.74, 6) is 1.06. The molecule has 4 rings (SSSR count). The van der Waals surface area contributed by atoms with Crippen molar-refractivity contribution in [3.8, 4) is 11.6 Å². The van der Waals surface area contributed by atoms with Crippen LogP contribution in [0.15, 0.2) is 30.6 Å². The molecule has 2 N–H and O–H groups in total. The number of hydrogen-bond donors (Lipinski definition) is 2. The second-order valence-corrected chi connectivity index (χ2v) is 7.45. The molecule has 3 aromatic rings. The highest BCUT2D eigenvalue weighted by atomic mass is 35.5. The van der Waals surface area contributed by atoms with Crippen LogP contribution in [0.25, 0.3) is 10.2 Å². The van der Waals surface area contributed by atoms with Gasteiger partial charge in [-0.05, 0) is 25.0 Å². The predicted molar refractivity (Wildman–Crippen MR) is 98.6 cm³/mol. The number of benzene rings is 1. The van der Waals surface area contributed by atoms with E-state index in [2.05, 4.69) is 20.3 Å². The SMILES string of the molecule is O[C@@H]1CCCC[C@H]1Nc1nc2ccc(Oc3cc(Cl)ncn3)cc2s1. The van der Waals surface area contributed by atoms with E-state index in [9.17, 15) is 5.11 Å². The Morgan fingerprint density at radius 2 is 2.08 bits per heavy atom. The molecule has 1 aromatic carbocycles. The maximum Gasteiger partial charge on any atom is 0.223 e. The Morgan fingerprint density at radius 1 is 1.20 bits per heavy atom. The van der Waals surface area contributed by atoms with Gasteiger partial charge in [0.15, 0.2) is 5.13 Å². The highest BCUT2D eigenvalue weighted by Crippen LogP contribution is 2.32. The topological polar surface area (TPSA) is 80.2 Å². The van der Waals surface area contributed by atoms with Crippen molar-refractivity contribution >= 4 is 38.3 Å². The van der Waals surface area contributed by atoms with Crippen LogP contribution in [0.3, 0.4) is 0 Å². The van der Waals surface area contributed by atoms with E-state index >= 15 is 0 Å². The Labute approximate surface area is 153 Å². The van der Waals surface area contributed by atoms with Crippen LogP contribution in [0.1, 0.15) is 25.7 Å². The highest BCUT2D eigenvalue weighted by molar-refractivity contribution is 7.22. The molecule has 2 aromatic heterocycles. The molecule has 0 saturated heterocycles. The summed E-state index contributed by atoms with van der Waals surface area (Å²) in [7, 11) is 0. The van der Waals surface area contributed by atoms with E-state index in [4.69, 9.17) is 16.3 Å². The van der Waals surface area contributed by atoms with E-state index in [0.717, 1.165) is 41.0 Å². The molecule has 130 valence electrons. The number of ether oxygens (including phenoxy) is 1. The molecule has 0 spiro atoms. The third kappa shape index (κ3) is 3.84. The van der Waals surface area contributed by atoms with Crippen molar-refractivity contribution in [2.75, 3.05) is 5.32 Å². The number of thiazole rings is 1. The molecule has 1 aliphatic carbocycles. The second-order valence-electron chi connectivity index (χ2n) is 6.03. The van der Waals surface area contributed by atoms with Gasteiger partial charge in [-0.2, -0.15) is 0 Å². The number of aromatic nitrogens is 3. The molecule has 2 heterocycles. The van der Waals surface area contributed by atoms with Crippen LogP contribution < -0.4 is 10.1 Å². The van der Waals surface area contributed by atoms with Crippen molar-refractivity contribution < 1.29 is 9.84 Å². The molecule has 0 bridgehead atoms. The summed E-state index contributed by atoms with van der Waals surface area (Å²) in [6, 6.07) is 7.32. The van der Waals surface area contributed by atoms with Gasteiger partial charge >= 0.3 is 0 Å². The van der Waals surface area contributed by atoms with Crippen molar-refractivity contribution in [1.29, 1.82) is 0 Å². The summed E-state index contributed by atoms with van der Waals surface area (Å²) in [6.07, 6.45) is 5.11. The average molecular weight is 377 g/mol. The van der Waals surface area contributed by atoms with Crippen molar-refractivity contribution in [1.82, 2.24) is 15.0 Å². The largest absolute Gasteiger partial charge is 0.439 e. The molecule has 1 aliphatic rings. The first kappa shape index (κ1) is 16.5. The zero-order chi connectivity index (χ0) is 17.2. The zero-order valence-corrected chi connectivity index (χ0v) is 14.9. The first-order valence-corrected chi connectivity index (χ1v) is 9.37. The molecule has 6 nitrogen and oxygen atoms in total. The Morgan fingerprint density at radius 3 is 2.92 bits per heavy atom. The lowest BCUT2D eigenvalue weighted by atomic mass is 9.93. The monoisotopic (exact) mass is 376 g/mol. The van der Waals surface area contributed by atoms with Crippen LogP contribution in [-0.4, -0.2) is 32.2 Å². The van der Waals surface area contributed by atoms with Gasteiger partial charge in [-0.1, -0.05) is 35.8 Å². The molecular weight excluding hydrogens is 360 g/mol. The smallest absolute Gasteiger partial charge is 0.223 e. The minimum atomic E-state index is -0.304. The van der Waals surface area contributed by atoms with Gasteiger partial charge < -0.3 is 15.2 Å². The van der Waals surface area contributed by atoms with E-state index in [1.54, 1.807) is 17.4 Å². The predicted octanol–water partition coefficient (Wildman–Crippen LogP) is 4.25. The Balaban J connectivity index is 1.52. The van der Waals surface area contributed by atoms with Gasteiger partial charge in [0.1, 0.15) is 17.2 Å². The fraction of sp³-hybridized carbons (Fsp3) is 0.353. The molecule has 0 unspecified atom stereocenters. The number of halogens is 1. The minimum absolute atomic E-state index is 0.0770. The number of fused-ring (bicyclic) bond motifs is 1. The van der Waals surface area contributed by atoms with E-state index in [0.29, 0.717) is 16.8 Å². The molecule has 25 heavy (non-hydrogen) atoms. The molecular formula is C17H17ClN4O2S. The first-order valence-electron chi connectivity index (χ1n) is 8.18. The number of aliphatic hydroxyl groups is 1. The van der Waals surface area contributed by atoms with E-state index < -0.39 is 0 Å². The molecule has 0 radical (unpaired) electrons. The average Bonchev–Trinajstić information content (AvgIpc) is 2.99. The lowest BCUT2D eigenvalue weighted by molar-refractivity contribution is 0.116. The van der Waals surface area contributed by atoms with Gasteiger partial charge in [0, 0.05) is 12.1 Å². The molecule has 0 aliphatic heterocycles. The summed E-state index contributed by atoms with van der Waals surface area (Å²) in [5.41, 5.74) is 0.894. The molecule has 8 heteroatoms. The summed E-state index contributed by atoms with van der Waals surface area (Å²) in [4.78, 5) is 12.5. The van der Waals surface area contributed by atoms with Crippen molar-refractivity contribution in [3.63, 3.8) is 0 Å². The standard InChI is InChI=1S/C17H17ClN4O2S/c18-15-8-16(20-9-19-15)24-10-5-6-12-14(7-10)25-17(22-12)21-11-3-1-2-4-13(11)23/h5-9,11,13,23H,1-4H2,(H,21,22)/t11-,13-/m1/s1.